The lowest BCUT2D eigenvalue weighted by Crippen LogP contribution is -2.34. The largest absolute Gasteiger partial charge is 0.351 e. The molecule has 26 heavy (non-hydrogen) atoms. The van der Waals surface area contributed by atoms with Gasteiger partial charge in [-0.25, -0.2) is 0 Å². The molecule has 2 aromatic rings. The van der Waals surface area contributed by atoms with Crippen LogP contribution >= 0.6 is 0 Å². The van der Waals surface area contributed by atoms with Gasteiger partial charge in [0.15, 0.2) is 0 Å². The van der Waals surface area contributed by atoms with Gasteiger partial charge in [-0.05, 0) is 44.9 Å². The van der Waals surface area contributed by atoms with Crippen LogP contribution in [0.5, 0.6) is 0 Å². The predicted octanol–water partition coefficient (Wildman–Crippen LogP) is 1.89. The molecule has 3 heterocycles. The van der Waals surface area contributed by atoms with Gasteiger partial charge in [-0.1, -0.05) is 6.07 Å². The first-order valence-corrected chi connectivity index (χ1v) is 8.95. The quantitative estimate of drug-likeness (QED) is 0.888. The lowest BCUT2D eigenvalue weighted by molar-refractivity contribution is -0.133. The van der Waals surface area contributed by atoms with E-state index in [9.17, 15) is 9.59 Å². The molecular formula is C19H25N5O2. The van der Waals surface area contributed by atoms with Crippen molar-refractivity contribution in [3.8, 4) is 0 Å². The Balaban J connectivity index is 1.73. The van der Waals surface area contributed by atoms with Crippen LogP contribution in [0.15, 0.2) is 24.3 Å². The predicted molar refractivity (Wildman–Crippen MR) is 97.1 cm³/mol. The molecule has 0 unspecified atom stereocenters. The molecule has 0 spiro atoms. The second-order valence-electron chi connectivity index (χ2n) is 6.79. The van der Waals surface area contributed by atoms with Crippen molar-refractivity contribution in [2.45, 2.75) is 52.7 Å². The minimum absolute atomic E-state index is 0.0169. The fourth-order valence-corrected chi connectivity index (χ4v) is 3.42. The number of pyridine rings is 1. The van der Waals surface area contributed by atoms with Crippen LogP contribution in [0.3, 0.4) is 0 Å². The summed E-state index contributed by atoms with van der Waals surface area (Å²) < 4.78 is 1.76. The van der Waals surface area contributed by atoms with Gasteiger partial charge >= 0.3 is 0 Å². The zero-order valence-electron chi connectivity index (χ0n) is 15.5. The Bertz CT molecular complexity index is 814. The number of rotatable bonds is 5. The first kappa shape index (κ1) is 18.1. The van der Waals surface area contributed by atoms with Gasteiger partial charge in [-0.3, -0.25) is 19.3 Å². The fourth-order valence-electron chi connectivity index (χ4n) is 3.42. The topological polar surface area (TPSA) is 80.1 Å². The van der Waals surface area contributed by atoms with Gasteiger partial charge in [-0.2, -0.15) is 5.10 Å². The van der Waals surface area contributed by atoms with Crippen LogP contribution in [0.25, 0.3) is 0 Å². The molecule has 0 aliphatic carbocycles. The summed E-state index contributed by atoms with van der Waals surface area (Å²) in [4.78, 5) is 30.5. The Morgan fingerprint density at radius 1 is 1.31 bits per heavy atom. The minimum Gasteiger partial charge on any atom is -0.351 e. The Kier molecular flexibility index (Phi) is 5.35. The molecule has 1 fully saturated rings. The Labute approximate surface area is 153 Å². The lowest BCUT2D eigenvalue weighted by Gasteiger charge is -2.25. The third kappa shape index (κ3) is 4.09. The number of nitrogens with one attached hydrogen (secondary N) is 1. The van der Waals surface area contributed by atoms with Crippen molar-refractivity contribution in [2.75, 3.05) is 6.54 Å². The van der Waals surface area contributed by atoms with Crippen molar-refractivity contribution in [3.63, 3.8) is 0 Å². The standard InChI is InChI=1S/C19H25N5O2/c1-13-10-14(2)24(22-13)12-19(26)23-9-5-8-18(23)17-7-4-6-16(21-17)11-20-15(3)25/h4,6-7,10,18H,5,8-9,11-12H2,1-3H3,(H,20,25)/t18-/m0/s1. The van der Waals surface area contributed by atoms with Crippen molar-refractivity contribution < 1.29 is 9.59 Å². The van der Waals surface area contributed by atoms with Crippen molar-refractivity contribution >= 4 is 11.8 Å². The molecule has 1 N–H and O–H groups in total. The summed E-state index contributed by atoms with van der Waals surface area (Å²) in [7, 11) is 0. The lowest BCUT2D eigenvalue weighted by atomic mass is 10.1. The first-order valence-electron chi connectivity index (χ1n) is 8.95. The summed E-state index contributed by atoms with van der Waals surface area (Å²) in [5.41, 5.74) is 3.59. The Hall–Kier alpha value is -2.70. The summed E-state index contributed by atoms with van der Waals surface area (Å²) in [6.07, 6.45) is 1.87. The van der Waals surface area contributed by atoms with E-state index in [4.69, 9.17) is 0 Å². The van der Waals surface area contributed by atoms with Gasteiger partial charge in [0.2, 0.25) is 11.8 Å². The summed E-state index contributed by atoms with van der Waals surface area (Å²) in [5.74, 6) is -0.0208. The highest BCUT2D eigenvalue weighted by atomic mass is 16.2. The first-order chi connectivity index (χ1) is 12.4. The summed E-state index contributed by atoms with van der Waals surface area (Å²) >= 11 is 0. The normalized spacial score (nSPS) is 16.7. The zero-order valence-corrected chi connectivity index (χ0v) is 15.5. The summed E-state index contributed by atoms with van der Waals surface area (Å²) in [6, 6.07) is 7.73. The number of aromatic nitrogens is 3. The molecule has 2 amide bonds. The van der Waals surface area contributed by atoms with Crippen LogP contribution in [0.4, 0.5) is 0 Å². The van der Waals surface area contributed by atoms with Crippen LogP contribution in [0.1, 0.15) is 48.6 Å². The van der Waals surface area contributed by atoms with Gasteiger partial charge in [-0.15, -0.1) is 0 Å². The van der Waals surface area contributed by atoms with Crippen molar-refractivity contribution in [1.29, 1.82) is 0 Å². The highest BCUT2D eigenvalue weighted by Gasteiger charge is 2.31. The van der Waals surface area contributed by atoms with Gasteiger partial charge < -0.3 is 10.2 Å². The third-order valence-electron chi connectivity index (χ3n) is 4.65. The minimum atomic E-state index is -0.0836. The van der Waals surface area contributed by atoms with Gasteiger partial charge in [0.1, 0.15) is 6.54 Å². The number of aryl methyl sites for hydroxylation is 2. The Morgan fingerprint density at radius 3 is 2.81 bits per heavy atom. The van der Waals surface area contributed by atoms with E-state index in [2.05, 4.69) is 15.4 Å². The molecule has 7 heteroatoms. The summed E-state index contributed by atoms with van der Waals surface area (Å²) in [5, 5.41) is 7.15. The highest BCUT2D eigenvalue weighted by molar-refractivity contribution is 5.76. The SMILES string of the molecule is CC(=O)NCc1cccc([C@@H]2CCCN2C(=O)Cn2nc(C)cc2C)n1. The number of nitrogens with zero attached hydrogens (tertiary/aromatic N) is 4. The maximum atomic E-state index is 12.8. The van der Waals surface area contributed by atoms with E-state index in [0.29, 0.717) is 6.54 Å². The highest BCUT2D eigenvalue weighted by Crippen LogP contribution is 2.31. The average molecular weight is 355 g/mol. The fraction of sp³-hybridized carbons (Fsp3) is 0.474. The maximum Gasteiger partial charge on any atom is 0.244 e. The molecule has 3 rings (SSSR count). The number of hydrogen-bond donors (Lipinski definition) is 1. The number of hydrogen-bond acceptors (Lipinski definition) is 4. The molecule has 2 aromatic heterocycles. The van der Waals surface area contributed by atoms with E-state index in [-0.39, 0.29) is 24.4 Å². The van der Waals surface area contributed by atoms with Crippen LogP contribution in [0.2, 0.25) is 0 Å². The van der Waals surface area contributed by atoms with Crippen molar-refractivity contribution in [3.05, 3.63) is 47.0 Å². The molecule has 138 valence electrons. The van der Waals surface area contributed by atoms with Crippen molar-refractivity contribution in [2.24, 2.45) is 0 Å². The van der Waals surface area contributed by atoms with Gasteiger partial charge in [0.05, 0.1) is 29.7 Å². The number of carbonyl (C=O) groups excluding carboxylic acids is 2. The monoisotopic (exact) mass is 355 g/mol. The third-order valence-corrected chi connectivity index (χ3v) is 4.65. The molecule has 1 atom stereocenters. The molecule has 0 aromatic carbocycles. The van der Waals surface area contributed by atoms with E-state index in [1.165, 1.54) is 6.92 Å². The molecular weight excluding hydrogens is 330 g/mol. The number of carbonyl (C=O) groups is 2. The molecule has 0 saturated carbocycles. The van der Waals surface area contributed by atoms with E-state index in [0.717, 1.165) is 42.2 Å². The van der Waals surface area contributed by atoms with E-state index in [1.54, 1.807) is 4.68 Å². The van der Waals surface area contributed by atoms with Crippen LogP contribution in [-0.2, 0) is 22.7 Å². The molecule has 7 nitrogen and oxygen atoms in total. The van der Waals surface area contributed by atoms with E-state index < -0.39 is 0 Å². The van der Waals surface area contributed by atoms with Gasteiger partial charge in [0, 0.05) is 19.2 Å². The second-order valence-corrected chi connectivity index (χ2v) is 6.79. The molecule has 0 bridgehead atoms. The van der Waals surface area contributed by atoms with Crippen LogP contribution in [0, 0.1) is 13.8 Å². The van der Waals surface area contributed by atoms with Crippen molar-refractivity contribution in [1.82, 2.24) is 25.0 Å². The molecule has 1 aliphatic heterocycles. The van der Waals surface area contributed by atoms with E-state index >= 15 is 0 Å². The maximum absolute atomic E-state index is 12.8. The smallest absolute Gasteiger partial charge is 0.244 e. The molecule has 1 aliphatic rings. The average Bonchev–Trinajstić information content (AvgIpc) is 3.20. The number of amides is 2. The Morgan fingerprint density at radius 2 is 2.12 bits per heavy atom. The second kappa shape index (κ2) is 7.68. The molecule has 0 radical (unpaired) electrons. The van der Waals surface area contributed by atoms with Crippen LogP contribution in [-0.4, -0.2) is 38.0 Å². The molecule has 1 saturated heterocycles. The number of likely N-dealkylation sites (tertiary alicyclic amines) is 1. The van der Waals surface area contributed by atoms with Gasteiger partial charge in [0.25, 0.3) is 0 Å². The van der Waals surface area contributed by atoms with E-state index in [1.807, 2.05) is 43.0 Å². The van der Waals surface area contributed by atoms with Crippen LogP contribution < -0.4 is 5.32 Å². The summed E-state index contributed by atoms with van der Waals surface area (Å²) in [6.45, 7) is 6.76. The zero-order chi connectivity index (χ0) is 18.7.